The number of rotatable bonds is 8. The third-order valence-electron chi connectivity index (χ3n) is 7.04. The Labute approximate surface area is 208 Å². The number of aryl methyl sites for hydroxylation is 1. The first-order valence-corrected chi connectivity index (χ1v) is 13.3. The van der Waals surface area contributed by atoms with Crippen molar-refractivity contribution in [2.45, 2.75) is 42.2 Å². The predicted molar refractivity (Wildman–Crippen MR) is 135 cm³/mol. The zero-order valence-corrected chi connectivity index (χ0v) is 20.6. The second-order valence-corrected chi connectivity index (χ2v) is 12.1. The van der Waals surface area contributed by atoms with Crippen molar-refractivity contribution < 1.29 is 17.9 Å². The van der Waals surface area contributed by atoms with Crippen LogP contribution in [0.3, 0.4) is 0 Å². The number of fused-ring (bicyclic) bond motifs is 1. The molecule has 0 radical (unpaired) electrons. The van der Waals surface area contributed by atoms with Crippen molar-refractivity contribution in [3.05, 3.63) is 69.5 Å². The predicted octanol–water partition coefficient (Wildman–Crippen LogP) is 2.41. The summed E-state index contributed by atoms with van der Waals surface area (Å²) < 4.78 is 32.1. The number of carbonyl (C=O) groups excluding carboxylic acids is 1. The van der Waals surface area contributed by atoms with Gasteiger partial charge in [0, 0.05) is 19.0 Å². The van der Waals surface area contributed by atoms with Crippen LogP contribution in [0, 0.1) is 11.3 Å². The molecule has 2 aromatic carbocycles. The van der Waals surface area contributed by atoms with Crippen LogP contribution in [0.5, 0.6) is 5.75 Å². The number of hydrogen-bond donors (Lipinski definition) is 2. The van der Waals surface area contributed by atoms with Gasteiger partial charge in [-0.05, 0) is 49.4 Å². The Morgan fingerprint density at radius 2 is 1.92 bits per heavy atom. The standard InChI is InChI=1S/C26H26N4O5S/c1-30-23-19(3-2-4-20(23)35-15-26(11-12-26)36(33,34)18-9-10-18)22(28)21(25(30)32)24(31)29-14-17-7-5-16(13-27)6-8-17/h2-8,18H,9-12,14-15,28H2,1H3,(H,29,31). The van der Waals surface area contributed by atoms with Gasteiger partial charge in [-0.1, -0.05) is 24.3 Å². The number of sulfone groups is 1. The fourth-order valence-corrected chi connectivity index (χ4v) is 6.86. The summed E-state index contributed by atoms with van der Waals surface area (Å²) in [5, 5.41) is 11.8. The number of hydrogen-bond acceptors (Lipinski definition) is 7. The summed E-state index contributed by atoms with van der Waals surface area (Å²) in [5.74, 6) is -0.265. The van der Waals surface area contributed by atoms with E-state index in [0.29, 0.717) is 47.9 Å². The highest BCUT2D eigenvalue weighted by Crippen LogP contribution is 2.50. The number of carbonyl (C=O) groups is 1. The number of nitriles is 1. The SMILES string of the molecule is Cn1c(=O)c(C(=O)NCc2ccc(C#N)cc2)c(N)c2cccc(OCC3(S(=O)(=O)C4CC4)CC3)c21. The van der Waals surface area contributed by atoms with E-state index in [4.69, 9.17) is 15.7 Å². The molecule has 0 atom stereocenters. The van der Waals surface area contributed by atoms with E-state index in [1.807, 2.05) is 6.07 Å². The van der Waals surface area contributed by atoms with Gasteiger partial charge in [-0.3, -0.25) is 9.59 Å². The molecular formula is C26H26N4O5S. The topological polar surface area (TPSA) is 144 Å². The number of para-hydroxylation sites is 1. The Morgan fingerprint density at radius 3 is 2.53 bits per heavy atom. The van der Waals surface area contributed by atoms with Gasteiger partial charge in [-0.15, -0.1) is 0 Å². The van der Waals surface area contributed by atoms with Gasteiger partial charge in [0.2, 0.25) is 0 Å². The third-order valence-corrected chi connectivity index (χ3v) is 10.1. The number of nitrogens with two attached hydrogens (primary N) is 1. The monoisotopic (exact) mass is 506 g/mol. The van der Waals surface area contributed by atoms with Gasteiger partial charge >= 0.3 is 0 Å². The maximum atomic E-state index is 13.2. The summed E-state index contributed by atoms with van der Waals surface area (Å²) >= 11 is 0. The number of nitrogens with zero attached hydrogens (tertiary/aromatic N) is 2. The quantitative estimate of drug-likeness (QED) is 0.477. The molecule has 0 bridgehead atoms. The van der Waals surface area contributed by atoms with Crippen LogP contribution in [0.4, 0.5) is 5.69 Å². The third kappa shape index (κ3) is 3.99. The molecule has 1 heterocycles. The maximum absolute atomic E-state index is 13.2. The summed E-state index contributed by atoms with van der Waals surface area (Å²) in [6, 6.07) is 13.8. The summed E-state index contributed by atoms with van der Waals surface area (Å²) in [7, 11) is -1.71. The Morgan fingerprint density at radius 1 is 1.22 bits per heavy atom. The van der Waals surface area contributed by atoms with E-state index in [-0.39, 0.29) is 29.7 Å². The maximum Gasteiger partial charge on any atom is 0.265 e. The van der Waals surface area contributed by atoms with E-state index < -0.39 is 26.1 Å². The van der Waals surface area contributed by atoms with Crippen molar-refractivity contribution >= 4 is 32.3 Å². The number of ether oxygens (including phenoxy) is 1. The molecule has 36 heavy (non-hydrogen) atoms. The molecule has 3 N–H and O–H groups in total. The van der Waals surface area contributed by atoms with Gasteiger partial charge in [0.05, 0.1) is 28.1 Å². The van der Waals surface area contributed by atoms with E-state index in [1.165, 1.54) is 11.6 Å². The Kier molecular flexibility index (Phi) is 5.75. The molecule has 0 spiro atoms. The van der Waals surface area contributed by atoms with E-state index in [9.17, 15) is 18.0 Å². The van der Waals surface area contributed by atoms with E-state index in [1.54, 1.807) is 42.5 Å². The minimum atomic E-state index is -3.24. The van der Waals surface area contributed by atoms with Gasteiger partial charge in [0.15, 0.2) is 9.84 Å². The van der Waals surface area contributed by atoms with Crippen LogP contribution in [0.25, 0.3) is 10.9 Å². The first-order valence-electron chi connectivity index (χ1n) is 11.7. The van der Waals surface area contributed by atoms with Crippen molar-refractivity contribution in [3.63, 3.8) is 0 Å². The van der Waals surface area contributed by atoms with Crippen molar-refractivity contribution in [1.82, 2.24) is 9.88 Å². The van der Waals surface area contributed by atoms with Crippen molar-refractivity contribution in [2.75, 3.05) is 12.3 Å². The lowest BCUT2D eigenvalue weighted by Gasteiger charge is -2.19. The molecule has 5 rings (SSSR count). The van der Waals surface area contributed by atoms with Crippen LogP contribution in [-0.4, -0.2) is 35.5 Å². The molecule has 0 aliphatic heterocycles. The molecule has 1 amide bonds. The minimum absolute atomic E-state index is 0.0197. The Balaban J connectivity index is 1.42. The van der Waals surface area contributed by atoms with E-state index >= 15 is 0 Å². The second kappa shape index (κ2) is 8.68. The molecule has 0 saturated heterocycles. The van der Waals surface area contributed by atoms with Gasteiger partial charge in [-0.2, -0.15) is 5.26 Å². The summed E-state index contributed by atoms with van der Waals surface area (Å²) in [5.41, 5.74) is 7.27. The number of anilines is 1. The molecule has 2 aliphatic carbocycles. The number of nitrogens with one attached hydrogen (secondary N) is 1. The van der Waals surface area contributed by atoms with Crippen LogP contribution < -0.4 is 21.3 Å². The van der Waals surface area contributed by atoms with Gasteiger partial charge in [0.25, 0.3) is 11.5 Å². The minimum Gasteiger partial charge on any atom is -0.490 e. The molecule has 0 unspecified atom stereocenters. The normalized spacial score (nSPS) is 16.3. The highest BCUT2D eigenvalue weighted by Gasteiger charge is 2.60. The van der Waals surface area contributed by atoms with Crippen LogP contribution in [0.2, 0.25) is 0 Å². The number of aromatic nitrogens is 1. The lowest BCUT2D eigenvalue weighted by molar-refractivity contribution is 0.0950. The summed E-state index contributed by atoms with van der Waals surface area (Å²) in [4.78, 5) is 26.2. The van der Waals surface area contributed by atoms with Gasteiger partial charge < -0.3 is 20.4 Å². The Hall–Kier alpha value is -3.84. The average molecular weight is 507 g/mol. The highest BCUT2D eigenvalue weighted by molar-refractivity contribution is 7.94. The van der Waals surface area contributed by atoms with Crippen LogP contribution >= 0.6 is 0 Å². The zero-order chi connectivity index (χ0) is 25.7. The summed E-state index contributed by atoms with van der Waals surface area (Å²) in [6.45, 7) is 0.178. The molecule has 2 fully saturated rings. The molecule has 2 aliphatic rings. The van der Waals surface area contributed by atoms with Crippen molar-refractivity contribution in [3.8, 4) is 11.8 Å². The lowest BCUT2D eigenvalue weighted by Crippen LogP contribution is -2.34. The van der Waals surface area contributed by atoms with Gasteiger partial charge in [-0.25, -0.2) is 8.42 Å². The molecule has 10 heteroatoms. The molecule has 3 aromatic rings. The van der Waals surface area contributed by atoms with E-state index in [2.05, 4.69) is 5.32 Å². The number of pyridine rings is 1. The molecule has 9 nitrogen and oxygen atoms in total. The number of benzene rings is 2. The second-order valence-electron chi connectivity index (χ2n) is 9.51. The molecule has 1 aromatic heterocycles. The summed E-state index contributed by atoms with van der Waals surface area (Å²) in [6.07, 6.45) is 2.56. The first-order chi connectivity index (χ1) is 17.2. The number of nitrogen functional groups attached to an aromatic ring is 1. The molecule has 186 valence electrons. The largest absolute Gasteiger partial charge is 0.490 e. The average Bonchev–Trinajstić information content (AvgIpc) is 3.79. The van der Waals surface area contributed by atoms with Crippen molar-refractivity contribution in [2.24, 2.45) is 7.05 Å². The smallest absolute Gasteiger partial charge is 0.265 e. The first kappa shape index (κ1) is 23.9. The van der Waals surface area contributed by atoms with Crippen LogP contribution in [-0.2, 0) is 23.4 Å². The molecular weight excluding hydrogens is 480 g/mol. The Bertz CT molecular complexity index is 1580. The zero-order valence-electron chi connectivity index (χ0n) is 19.8. The van der Waals surface area contributed by atoms with Crippen LogP contribution in [0.15, 0.2) is 47.3 Å². The van der Waals surface area contributed by atoms with Crippen molar-refractivity contribution in [1.29, 1.82) is 5.26 Å². The van der Waals surface area contributed by atoms with E-state index in [0.717, 1.165) is 5.56 Å². The van der Waals surface area contributed by atoms with Crippen LogP contribution in [0.1, 0.15) is 47.2 Å². The fraction of sp³-hybridized carbons (Fsp3) is 0.346. The highest BCUT2D eigenvalue weighted by atomic mass is 32.2. The lowest BCUT2D eigenvalue weighted by atomic mass is 10.1. The number of amides is 1. The van der Waals surface area contributed by atoms with Gasteiger partial charge in [0.1, 0.15) is 22.7 Å². The molecule has 2 saturated carbocycles. The fourth-order valence-electron chi connectivity index (χ4n) is 4.50.